The van der Waals surface area contributed by atoms with E-state index in [4.69, 9.17) is 11.6 Å². The minimum atomic E-state index is -0.554. The molecular weight excluding hydrogens is 416 g/mol. The molecule has 150 valence electrons. The maximum absolute atomic E-state index is 13.8. The van der Waals surface area contributed by atoms with Gasteiger partial charge in [-0.2, -0.15) is 0 Å². The topological polar surface area (TPSA) is 49.4 Å². The third-order valence-corrected chi connectivity index (χ3v) is 6.65. The van der Waals surface area contributed by atoms with Crippen LogP contribution in [-0.4, -0.2) is 18.1 Å². The van der Waals surface area contributed by atoms with Crippen LogP contribution in [0.15, 0.2) is 72.8 Å². The van der Waals surface area contributed by atoms with E-state index in [9.17, 15) is 9.59 Å². The summed E-state index contributed by atoms with van der Waals surface area (Å²) in [5.74, 6) is 0.00641. The molecule has 1 N–H and O–H groups in total. The fourth-order valence-corrected chi connectivity index (χ4v) is 4.99. The zero-order valence-electron chi connectivity index (χ0n) is 16.3. The number of amides is 2. The lowest BCUT2D eigenvalue weighted by Crippen LogP contribution is -2.29. The molecule has 2 amide bonds. The lowest BCUT2D eigenvalue weighted by atomic mass is 9.92. The van der Waals surface area contributed by atoms with Crippen LogP contribution in [0.1, 0.15) is 33.8 Å². The van der Waals surface area contributed by atoms with Crippen LogP contribution in [0.25, 0.3) is 0 Å². The minimum Gasteiger partial charge on any atom is -0.296 e. The molecule has 1 unspecified atom stereocenters. The second kappa shape index (κ2) is 7.18. The Bertz CT molecular complexity index is 1160. The molecule has 3 aromatic rings. The molecule has 4 nitrogen and oxygen atoms in total. The standard InChI is InChI=1S/C24H19ClN2O2S/c1-30-26-22(28)16-5-4-6-18(13-16)27-21-8-3-2-7-19(21)24(23(27)29)14-20(24)15-9-11-17(25)12-10-15/h2-13,20H,14H2,1H3,(H,26,28)/t20?,24-/m1/s1. The average Bonchev–Trinajstić information content (AvgIpc) is 3.46. The molecule has 1 aliphatic heterocycles. The van der Waals surface area contributed by atoms with E-state index in [1.165, 1.54) is 11.9 Å². The zero-order chi connectivity index (χ0) is 20.9. The summed E-state index contributed by atoms with van der Waals surface area (Å²) in [4.78, 5) is 27.9. The fraction of sp³-hybridized carbons (Fsp3) is 0.167. The number of carbonyl (C=O) groups is 2. The summed E-state index contributed by atoms with van der Waals surface area (Å²) < 4.78 is 2.74. The van der Waals surface area contributed by atoms with Crippen molar-refractivity contribution in [3.63, 3.8) is 0 Å². The van der Waals surface area contributed by atoms with Gasteiger partial charge in [0.2, 0.25) is 5.91 Å². The van der Waals surface area contributed by atoms with Crippen molar-refractivity contribution in [2.45, 2.75) is 17.8 Å². The second-order valence-electron chi connectivity index (χ2n) is 7.62. The van der Waals surface area contributed by atoms with Crippen LogP contribution in [0.4, 0.5) is 11.4 Å². The van der Waals surface area contributed by atoms with Gasteiger partial charge in [-0.05, 0) is 53.9 Å². The Balaban J connectivity index is 1.57. The number of nitrogens with zero attached hydrogens (tertiary/aromatic N) is 1. The van der Waals surface area contributed by atoms with E-state index in [0.717, 1.165) is 23.2 Å². The Labute approximate surface area is 184 Å². The van der Waals surface area contributed by atoms with E-state index in [0.29, 0.717) is 16.3 Å². The Kier molecular flexibility index (Phi) is 4.60. The quantitative estimate of drug-likeness (QED) is 0.555. The highest BCUT2D eigenvalue weighted by Gasteiger charge is 2.67. The summed E-state index contributed by atoms with van der Waals surface area (Å²) >= 11 is 7.31. The Morgan fingerprint density at radius 1 is 1.10 bits per heavy atom. The summed E-state index contributed by atoms with van der Waals surface area (Å²) in [7, 11) is 0. The first-order valence-corrected chi connectivity index (χ1v) is 11.3. The molecule has 5 rings (SSSR count). The molecule has 1 fully saturated rings. The number of nitrogens with one attached hydrogen (secondary N) is 1. The van der Waals surface area contributed by atoms with Crippen molar-refractivity contribution < 1.29 is 9.59 Å². The first-order valence-electron chi connectivity index (χ1n) is 9.69. The molecular formula is C24H19ClN2O2S. The summed E-state index contributed by atoms with van der Waals surface area (Å²) in [5, 5.41) is 0.688. The molecule has 0 saturated heterocycles. The molecule has 1 saturated carbocycles. The smallest absolute Gasteiger partial charge is 0.261 e. The Hall–Kier alpha value is -2.76. The molecule has 1 aliphatic carbocycles. The molecule has 0 bridgehead atoms. The number of carbonyl (C=O) groups excluding carboxylic acids is 2. The van der Waals surface area contributed by atoms with Gasteiger partial charge >= 0.3 is 0 Å². The largest absolute Gasteiger partial charge is 0.296 e. The third kappa shape index (κ3) is 2.84. The summed E-state index contributed by atoms with van der Waals surface area (Å²) in [6.45, 7) is 0. The Morgan fingerprint density at radius 2 is 1.87 bits per heavy atom. The van der Waals surface area contributed by atoms with E-state index in [1.807, 2.05) is 60.7 Å². The first kappa shape index (κ1) is 19.2. The molecule has 6 heteroatoms. The van der Waals surface area contributed by atoms with Gasteiger partial charge in [-0.1, -0.05) is 59.9 Å². The Morgan fingerprint density at radius 3 is 2.63 bits per heavy atom. The van der Waals surface area contributed by atoms with Gasteiger partial charge in [-0.3, -0.25) is 19.2 Å². The van der Waals surface area contributed by atoms with Gasteiger partial charge in [-0.15, -0.1) is 0 Å². The number of halogens is 1. The van der Waals surface area contributed by atoms with Gasteiger partial charge in [0.05, 0.1) is 11.1 Å². The molecule has 0 aromatic heterocycles. The maximum atomic E-state index is 13.8. The number of para-hydroxylation sites is 1. The summed E-state index contributed by atoms with van der Waals surface area (Å²) in [6.07, 6.45) is 2.57. The number of anilines is 2. The lowest BCUT2D eigenvalue weighted by Gasteiger charge is -2.19. The van der Waals surface area contributed by atoms with E-state index in [2.05, 4.69) is 4.72 Å². The van der Waals surface area contributed by atoms with Gasteiger partial charge in [-0.25, -0.2) is 0 Å². The first-order chi connectivity index (χ1) is 14.6. The van der Waals surface area contributed by atoms with Crippen molar-refractivity contribution in [3.05, 3.63) is 94.5 Å². The zero-order valence-corrected chi connectivity index (χ0v) is 17.8. The molecule has 1 heterocycles. The lowest BCUT2D eigenvalue weighted by molar-refractivity contribution is -0.119. The van der Waals surface area contributed by atoms with Crippen molar-refractivity contribution in [2.24, 2.45) is 0 Å². The van der Waals surface area contributed by atoms with Gasteiger partial charge in [0.25, 0.3) is 5.91 Å². The van der Waals surface area contributed by atoms with E-state index >= 15 is 0 Å². The third-order valence-electron chi connectivity index (χ3n) is 6.00. The van der Waals surface area contributed by atoms with Crippen LogP contribution in [0.2, 0.25) is 5.02 Å². The van der Waals surface area contributed by atoms with Gasteiger partial charge in [0.15, 0.2) is 0 Å². The molecule has 2 atom stereocenters. The average molecular weight is 435 g/mol. The molecule has 2 aliphatic rings. The van der Waals surface area contributed by atoms with Crippen LogP contribution < -0.4 is 9.62 Å². The fourth-order valence-electron chi connectivity index (χ4n) is 4.56. The van der Waals surface area contributed by atoms with Crippen molar-refractivity contribution in [1.29, 1.82) is 0 Å². The van der Waals surface area contributed by atoms with E-state index in [1.54, 1.807) is 23.3 Å². The highest BCUT2D eigenvalue weighted by Crippen LogP contribution is 2.67. The van der Waals surface area contributed by atoms with Crippen molar-refractivity contribution >= 4 is 46.7 Å². The number of hydrogen-bond acceptors (Lipinski definition) is 3. The van der Waals surface area contributed by atoms with Gasteiger partial charge in [0, 0.05) is 28.4 Å². The van der Waals surface area contributed by atoms with Crippen LogP contribution in [0.5, 0.6) is 0 Å². The number of rotatable bonds is 4. The maximum Gasteiger partial charge on any atom is 0.261 e. The summed E-state index contributed by atoms with van der Waals surface area (Å²) in [6, 6.07) is 22.9. The number of benzene rings is 3. The molecule has 1 spiro atoms. The second-order valence-corrected chi connectivity index (χ2v) is 8.67. The molecule has 3 aromatic carbocycles. The van der Waals surface area contributed by atoms with Crippen molar-refractivity contribution in [2.75, 3.05) is 11.2 Å². The minimum absolute atomic E-state index is 0.0612. The van der Waals surface area contributed by atoms with Crippen LogP contribution in [0.3, 0.4) is 0 Å². The predicted octanol–water partition coefficient (Wildman–Crippen LogP) is 5.45. The van der Waals surface area contributed by atoms with Gasteiger partial charge in [0.1, 0.15) is 0 Å². The van der Waals surface area contributed by atoms with Crippen molar-refractivity contribution in [1.82, 2.24) is 4.72 Å². The number of hydrogen-bond donors (Lipinski definition) is 1. The normalized spacial score (nSPS) is 21.6. The van der Waals surface area contributed by atoms with E-state index < -0.39 is 5.41 Å². The van der Waals surface area contributed by atoms with E-state index in [-0.39, 0.29) is 17.7 Å². The highest BCUT2D eigenvalue weighted by atomic mass is 35.5. The van der Waals surface area contributed by atoms with Gasteiger partial charge < -0.3 is 0 Å². The summed E-state index contributed by atoms with van der Waals surface area (Å²) in [5.41, 5.74) is 3.74. The highest BCUT2D eigenvalue weighted by molar-refractivity contribution is 7.97. The molecule has 0 radical (unpaired) electrons. The number of fused-ring (bicyclic) bond motifs is 2. The predicted molar refractivity (Wildman–Crippen MR) is 121 cm³/mol. The monoisotopic (exact) mass is 434 g/mol. The van der Waals surface area contributed by atoms with Crippen LogP contribution in [-0.2, 0) is 10.2 Å². The van der Waals surface area contributed by atoms with Crippen molar-refractivity contribution in [3.8, 4) is 0 Å². The SMILES string of the molecule is CSNC(=O)c1cccc(N2C(=O)[C@]3(CC3c3ccc(Cl)cc3)c3ccccc32)c1. The van der Waals surface area contributed by atoms with Crippen LogP contribution in [0, 0.1) is 0 Å². The van der Waals surface area contributed by atoms with Crippen LogP contribution >= 0.6 is 23.5 Å². The molecule has 30 heavy (non-hydrogen) atoms.